The molecule has 0 aliphatic heterocycles. The van der Waals surface area contributed by atoms with Gasteiger partial charge < -0.3 is 5.32 Å². The molecule has 0 unspecified atom stereocenters. The van der Waals surface area contributed by atoms with Gasteiger partial charge in [-0.1, -0.05) is 27.7 Å². The number of halogens is 2. The van der Waals surface area contributed by atoms with Gasteiger partial charge in [-0.05, 0) is 55.1 Å². The zero-order valence-corrected chi connectivity index (χ0v) is 12.3. The van der Waals surface area contributed by atoms with E-state index in [9.17, 15) is 4.39 Å². The summed E-state index contributed by atoms with van der Waals surface area (Å²) in [5.41, 5.74) is 0.956. The van der Waals surface area contributed by atoms with Crippen molar-refractivity contribution < 1.29 is 4.39 Å². The van der Waals surface area contributed by atoms with Crippen molar-refractivity contribution in [1.29, 1.82) is 0 Å². The predicted octanol–water partition coefficient (Wildman–Crippen LogP) is 4.46. The van der Waals surface area contributed by atoms with Crippen LogP contribution < -0.4 is 5.32 Å². The molecule has 4 heteroatoms. The van der Waals surface area contributed by atoms with Crippen LogP contribution in [-0.2, 0) is 6.54 Å². The van der Waals surface area contributed by atoms with Crippen LogP contribution >= 0.6 is 27.7 Å². The van der Waals surface area contributed by atoms with Crippen molar-refractivity contribution in [3.63, 3.8) is 0 Å². The molecule has 0 saturated heterocycles. The molecule has 0 heterocycles. The van der Waals surface area contributed by atoms with E-state index in [0.29, 0.717) is 6.54 Å². The Morgan fingerprint density at radius 1 is 1.11 bits per heavy atom. The third-order valence-electron chi connectivity index (χ3n) is 2.36. The SMILES string of the molecule is CNCc1cc(F)cc(Sc2ccc(Br)cc2)c1. The Morgan fingerprint density at radius 3 is 2.50 bits per heavy atom. The molecule has 18 heavy (non-hydrogen) atoms. The van der Waals surface area contributed by atoms with Gasteiger partial charge >= 0.3 is 0 Å². The summed E-state index contributed by atoms with van der Waals surface area (Å²) in [6.45, 7) is 0.672. The Morgan fingerprint density at radius 2 is 1.83 bits per heavy atom. The lowest BCUT2D eigenvalue weighted by Crippen LogP contribution is -2.05. The largest absolute Gasteiger partial charge is 0.316 e. The zero-order chi connectivity index (χ0) is 13.0. The monoisotopic (exact) mass is 325 g/mol. The van der Waals surface area contributed by atoms with Crippen LogP contribution in [0.25, 0.3) is 0 Å². The number of benzene rings is 2. The van der Waals surface area contributed by atoms with Gasteiger partial charge in [0.2, 0.25) is 0 Å². The molecule has 0 radical (unpaired) electrons. The van der Waals surface area contributed by atoms with Gasteiger partial charge in [0.1, 0.15) is 5.82 Å². The average Bonchev–Trinajstić information content (AvgIpc) is 2.32. The average molecular weight is 326 g/mol. The fourth-order valence-corrected chi connectivity index (χ4v) is 2.82. The van der Waals surface area contributed by atoms with Gasteiger partial charge in [-0.25, -0.2) is 4.39 Å². The molecule has 0 aromatic heterocycles. The molecule has 0 spiro atoms. The summed E-state index contributed by atoms with van der Waals surface area (Å²) in [5.74, 6) is -0.192. The first-order valence-corrected chi connectivity index (χ1v) is 7.16. The van der Waals surface area contributed by atoms with Crippen LogP contribution in [0.1, 0.15) is 5.56 Å². The molecule has 1 N–H and O–H groups in total. The normalized spacial score (nSPS) is 10.6. The first-order chi connectivity index (χ1) is 8.67. The Hall–Kier alpha value is -0.840. The van der Waals surface area contributed by atoms with E-state index in [1.165, 1.54) is 0 Å². The van der Waals surface area contributed by atoms with E-state index in [0.717, 1.165) is 19.8 Å². The van der Waals surface area contributed by atoms with E-state index in [1.807, 2.05) is 37.4 Å². The topological polar surface area (TPSA) is 12.0 Å². The molecule has 2 aromatic carbocycles. The molecule has 0 amide bonds. The lowest BCUT2D eigenvalue weighted by Gasteiger charge is -2.06. The third kappa shape index (κ3) is 3.83. The van der Waals surface area contributed by atoms with E-state index in [1.54, 1.807) is 23.9 Å². The smallest absolute Gasteiger partial charge is 0.124 e. The van der Waals surface area contributed by atoms with E-state index >= 15 is 0 Å². The van der Waals surface area contributed by atoms with E-state index in [2.05, 4.69) is 21.2 Å². The molecule has 0 saturated carbocycles. The summed E-state index contributed by atoms with van der Waals surface area (Å²) in [7, 11) is 1.85. The molecule has 2 rings (SSSR count). The maximum atomic E-state index is 13.5. The van der Waals surface area contributed by atoms with E-state index in [-0.39, 0.29) is 5.82 Å². The summed E-state index contributed by atoms with van der Waals surface area (Å²) in [6.07, 6.45) is 0. The summed E-state index contributed by atoms with van der Waals surface area (Å²) in [5, 5.41) is 3.03. The third-order valence-corrected chi connectivity index (χ3v) is 3.87. The minimum absolute atomic E-state index is 0.192. The number of rotatable bonds is 4. The fraction of sp³-hybridized carbons (Fsp3) is 0.143. The number of hydrogen-bond acceptors (Lipinski definition) is 2. The van der Waals surface area contributed by atoms with Crippen molar-refractivity contribution >= 4 is 27.7 Å². The van der Waals surface area contributed by atoms with Crippen LogP contribution in [0.5, 0.6) is 0 Å². The maximum Gasteiger partial charge on any atom is 0.124 e. The highest BCUT2D eigenvalue weighted by Gasteiger charge is 2.03. The van der Waals surface area contributed by atoms with Crippen molar-refractivity contribution in [2.75, 3.05) is 7.05 Å². The van der Waals surface area contributed by atoms with Crippen molar-refractivity contribution in [3.8, 4) is 0 Å². The van der Waals surface area contributed by atoms with Gasteiger partial charge in [0, 0.05) is 20.8 Å². The van der Waals surface area contributed by atoms with Crippen molar-refractivity contribution in [2.45, 2.75) is 16.3 Å². The summed E-state index contributed by atoms with van der Waals surface area (Å²) < 4.78 is 14.5. The highest BCUT2D eigenvalue weighted by Crippen LogP contribution is 2.29. The van der Waals surface area contributed by atoms with E-state index < -0.39 is 0 Å². The molecule has 94 valence electrons. The number of nitrogens with one attached hydrogen (secondary N) is 1. The van der Waals surface area contributed by atoms with Crippen LogP contribution in [0, 0.1) is 5.82 Å². The standard InChI is InChI=1S/C14H13BrFNS/c1-17-9-10-6-12(16)8-14(7-10)18-13-4-2-11(15)3-5-13/h2-8,17H,9H2,1H3. The molecule has 0 aliphatic rings. The fourth-order valence-electron chi connectivity index (χ4n) is 1.62. The Labute approximate surface area is 119 Å². The van der Waals surface area contributed by atoms with Gasteiger partial charge in [-0.2, -0.15) is 0 Å². The summed E-state index contributed by atoms with van der Waals surface area (Å²) in [6, 6.07) is 13.1. The minimum Gasteiger partial charge on any atom is -0.316 e. The van der Waals surface area contributed by atoms with Crippen LogP contribution in [0.2, 0.25) is 0 Å². The Bertz CT molecular complexity index is 528. The maximum absolute atomic E-state index is 13.5. The van der Waals surface area contributed by atoms with Crippen LogP contribution in [-0.4, -0.2) is 7.05 Å². The second-order valence-electron chi connectivity index (χ2n) is 3.88. The minimum atomic E-state index is -0.192. The Kier molecular flexibility index (Phi) is 4.80. The van der Waals surface area contributed by atoms with Gasteiger partial charge in [0.05, 0.1) is 0 Å². The molecule has 0 aliphatic carbocycles. The lowest BCUT2D eigenvalue weighted by molar-refractivity contribution is 0.619. The van der Waals surface area contributed by atoms with Gasteiger partial charge in [0.25, 0.3) is 0 Å². The van der Waals surface area contributed by atoms with Crippen molar-refractivity contribution in [3.05, 3.63) is 58.3 Å². The molecule has 0 fully saturated rings. The van der Waals surface area contributed by atoms with Crippen molar-refractivity contribution in [2.24, 2.45) is 0 Å². The van der Waals surface area contributed by atoms with Crippen LogP contribution in [0.4, 0.5) is 4.39 Å². The van der Waals surface area contributed by atoms with Gasteiger partial charge in [-0.3, -0.25) is 0 Å². The first kappa shape index (κ1) is 13.6. The summed E-state index contributed by atoms with van der Waals surface area (Å²) in [4.78, 5) is 2.02. The van der Waals surface area contributed by atoms with E-state index in [4.69, 9.17) is 0 Å². The molecule has 0 atom stereocenters. The second kappa shape index (κ2) is 6.36. The molecule has 1 nitrogen and oxygen atoms in total. The van der Waals surface area contributed by atoms with Crippen LogP contribution in [0.15, 0.2) is 56.7 Å². The van der Waals surface area contributed by atoms with Gasteiger partial charge in [-0.15, -0.1) is 0 Å². The molecular weight excluding hydrogens is 313 g/mol. The van der Waals surface area contributed by atoms with Crippen LogP contribution in [0.3, 0.4) is 0 Å². The van der Waals surface area contributed by atoms with Crippen molar-refractivity contribution in [1.82, 2.24) is 5.32 Å². The lowest BCUT2D eigenvalue weighted by atomic mass is 10.2. The highest BCUT2D eigenvalue weighted by atomic mass is 79.9. The molecule has 0 bridgehead atoms. The molecular formula is C14H13BrFNS. The number of hydrogen-bond donors (Lipinski definition) is 1. The first-order valence-electron chi connectivity index (χ1n) is 5.55. The highest BCUT2D eigenvalue weighted by molar-refractivity contribution is 9.10. The quantitative estimate of drug-likeness (QED) is 0.890. The zero-order valence-electron chi connectivity index (χ0n) is 9.91. The predicted molar refractivity (Wildman–Crippen MR) is 77.4 cm³/mol. The van der Waals surface area contributed by atoms with Gasteiger partial charge in [0.15, 0.2) is 0 Å². The Balaban J connectivity index is 2.20. The second-order valence-corrected chi connectivity index (χ2v) is 5.94. The molecule has 2 aromatic rings. The summed E-state index contributed by atoms with van der Waals surface area (Å²) >= 11 is 4.96.